The van der Waals surface area contributed by atoms with Gasteiger partial charge in [-0.2, -0.15) is 13.2 Å². The number of benzene rings is 2. The number of aromatic nitrogens is 2. The number of carbonyl (C=O) groups is 2. The molecule has 0 radical (unpaired) electrons. The van der Waals surface area contributed by atoms with Crippen LogP contribution in [0, 0.1) is 18.3 Å². The first kappa shape index (κ1) is 28.7. The predicted octanol–water partition coefficient (Wildman–Crippen LogP) is 6.54. The second-order valence-corrected chi connectivity index (χ2v) is 10.7. The lowest BCUT2D eigenvalue weighted by atomic mass is 9.89. The lowest BCUT2D eigenvalue weighted by molar-refractivity contribution is -0.192. The van der Waals surface area contributed by atoms with Gasteiger partial charge in [0.2, 0.25) is 18.3 Å². The van der Waals surface area contributed by atoms with Gasteiger partial charge in [0.05, 0.1) is 21.7 Å². The van der Waals surface area contributed by atoms with E-state index in [4.69, 9.17) is 11.6 Å². The zero-order valence-electron chi connectivity index (χ0n) is 21.8. The van der Waals surface area contributed by atoms with Crippen LogP contribution in [-0.2, 0) is 16.1 Å². The molecule has 0 bridgehead atoms. The van der Waals surface area contributed by atoms with Crippen molar-refractivity contribution in [3.63, 3.8) is 0 Å². The minimum atomic E-state index is -4.52. The number of halogens is 4. The number of hydrogen-bond acceptors (Lipinski definition) is 4. The highest BCUT2D eigenvalue weighted by atomic mass is 35.5. The zero-order chi connectivity index (χ0) is 28.0. The van der Waals surface area contributed by atoms with Crippen LogP contribution in [0.25, 0.3) is 11.0 Å². The van der Waals surface area contributed by atoms with Gasteiger partial charge in [0, 0.05) is 13.1 Å². The van der Waals surface area contributed by atoms with E-state index in [1.165, 1.54) is 32.1 Å². The van der Waals surface area contributed by atoms with E-state index in [1.54, 1.807) is 18.2 Å². The molecule has 1 heterocycles. The van der Waals surface area contributed by atoms with E-state index in [0.29, 0.717) is 22.2 Å². The number of anilines is 2. The van der Waals surface area contributed by atoms with Crippen LogP contribution in [0.2, 0.25) is 5.02 Å². The van der Waals surface area contributed by atoms with Crippen molar-refractivity contribution in [2.45, 2.75) is 64.6 Å². The molecule has 210 valence electrons. The second-order valence-electron chi connectivity index (χ2n) is 10.3. The standard InChI is InChI=1S/C20H18ClF3N4O.C8H15NO/c1-11-2-5-14-16(8-11)28-18(26-14)27-15-9-12(3-4-13(15)21)10-25-17(29)19(6-7-19)20(22,23)24;10-7-9-6-8-4-2-1-3-5-8/h2-5,8-9H,6-7,10H2,1H3,(H,25,29)(H2,26,27,28);7-8H,1-6H2,(H,9,10). The normalized spacial score (nSPS) is 16.6. The van der Waals surface area contributed by atoms with E-state index < -0.39 is 17.5 Å². The lowest BCUT2D eigenvalue weighted by Gasteiger charge is -2.20. The summed E-state index contributed by atoms with van der Waals surface area (Å²) in [7, 11) is 0. The van der Waals surface area contributed by atoms with Crippen molar-refractivity contribution < 1.29 is 22.8 Å². The van der Waals surface area contributed by atoms with Gasteiger partial charge in [-0.1, -0.05) is 43.0 Å². The van der Waals surface area contributed by atoms with E-state index in [9.17, 15) is 22.8 Å². The molecule has 2 amide bonds. The summed E-state index contributed by atoms with van der Waals surface area (Å²) in [5.41, 5.74) is 1.68. The molecule has 2 saturated carbocycles. The number of carbonyl (C=O) groups excluding carboxylic acids is 2. The highest BCUT2D eigenvalue weighted by Gasteiger charge is 2.68. The van der Waals surface area contributed by atoms with Crippen LogP contribution >= 0.6 is 11.6 Å². The maximum Gasteiger partial charge on any atom is 0.403 e. The molecule has 0 unspecified atom stereocenters. The third kappa shape index (κ3) is 7.23. The molecule has 0 aliphatic heterocycles. The van der Waals surface area contributed by atoms with Gasteiger partial charge in [0.15, 0.2) is 0 Å². The second kappa shape index (κ2) is 12.3. The number of hydrogen-bond donors (Lipinski definition) is 4. The van der Waals surface area contributed by atoms with E-state index >= 15 is 0 Å². The zero-order valence-corrected chi connectivity index (χ0v) is 22.5. The van der Waals surface area contributed by atoms with Crippen molar-refractivity contribution in [1.82, 2.24) is 20.6 Å². The molecule has 0 atom stereocenters. The number of imidazole rings is 1. The Labute approximate surface area is 230 Å². The number of H-pyrrole nitrogens is 1. The Morgan fingerprint density at radius 3 is 2.56 bits per heavy atom. The molecule has 2 aliphatic carbocycles. The molecule has 0 saturated heterocycles. The quantitative estimate of drug-likeness (QED) is 0.234. The molecule has 5 rings (SSSR count). The Hall–Kier alpha value is -3.27. The van der Waals surface area contributed by atoms with E-state index in [2.05, 4.69) is 25.9 Å². The summed E-state index contributed by atoms with van der Waals surface area (Å²) >= 11 is 6.23. The summed E-state index contributed by atoms with van der Waals surface area (Å²) in [5.74, 6) is 0.267. The third-order valence-corrected chi connectivity index (χ3v) is 7.65. The Kier molecular flexibility index (Phi) is 9.04. The summed E-state index contributed by atoms with van der Waals surface area (Å²) in [6.45, 7) is 2.85. The number of rotatable bonds is 8. The Morgan fingerprint density at radius 1 is 1.15 bits per heavy atom. The molecule has 4 N–H and O–H groups in total. The van der Waals surface area contributed by atoms with Gasteiger partial charge in [-0.3, -0.25) is 9.59 Å². The number of aromatic amines is 1. The number of aryl methyl sites for hydroxylation is 1. The van der Waals surface area contributed by atoms with Gasteiger partial charge in [0.25, 0.3) is 0 Å². The SMILES string of the molecule is Cc1ccc2nc(Nc3cc(CNC(=O)C4(C(F)(F)F)CC4)ccc3Cl)[nH]c2c1.O=CNCC1CCCCC1. The smallest absolute Gasteiger partial charge is 0.358 e. The van der Waals surface area contributed by atoms with E-state index in [1.807, 2.05) is 25.1 Å². The van der Waals surface area contributed by atoms with Gasteiger partial charge in [-0.05, 0) is 73.9 Å². The molecule has 3 aromatic rings. The fourth-order valence-electron chi connectivity index (χ4n) is 4.81. The first-order valence-electron chi connectivity index (χ1n) is 13.2. The minimum absolute atomic E-state index is 0.0260. The molecule has 7 nitrogen and oxygen atoms in total. The Balaban J connectivity index is 0.000000298. The fraction of sp³-hybridized carbons (Fsp3) is 0.464. The average molecular weight is 564 g/mol. The van der Waals surface area contributed by atoms with Crippen molar-refractivity contribution in [3.05, 3.63) is 52.5 Å². The molecule has 2 aliphatic rings. The summed E-state index contributed by atoms with van der Waals surface area (Å²) in [6.07, 6.45) is 2.65. The first-order chi connectivity index (χ1) is 18.6. The maximum atomic E-state index is 13.0. The van der Waals surface area contributed by atoms with Crippen molar-refractivity contribution in [2.75, 3.05) is 11.9 Å². The minimum Gasteiger partial charge on any atom is -0.358 e. The predicted molar refractivity (Wildman–Crippen MR) is 146 cm³/mol. The van der Waals surface area contributed by atoms with Crippen LogP contribution in [0.5, 0.6) is 0 Å². The Bertz CT molecular complexity index is 1300. The van der Waals surface area contributed by atoms with Gasteiger partial charge < -0.3 is 20.9 Å². The van der Waals surface area contributed by atoms with Crippen LogP contribution < -0.4 is 16.0 Å². The molecule has 0 spiro atoms. The number of fused-ring (bicyclic) bond motifs is 1. The Morgan fingerprint density at radius 2 is 1.90 bits per heavy atom. The number of nitrogens with zero attached hydrogens (tertiary/aromatic N) is 1. The van der Waals surface area contributed by atoms with Gasteiger partial charge in [0.1, 0.15) is 5.41 Å². The maximum absolute atomic E-state index is 13.0. The number of alkyl halides is 3. The molecule has 1 aromatic heterocycles. The van der Waals surface area contributed by atoms with E-state index in [0.717, 1.165) is 35.5 Å². The largest absolute Gasteiger partial charge is 0.403 e. The highest BCUT2D eigenvalue weighted by Crippen LogP contribution is 2.57. The summed E-state index contributed by atoms with van der Waals surface area (Å²) in [4.78, 5) is 29.6. The number of amides is 2. The third-order valence-electron chi connectivity index (χ3n) is 7.32. The van der Waals surface area contributed by atoms with Crippen molar-refractivity contribution in [3.8, 4) is 0 Å². The van der Waals surface area contributed by atoms with E-state index in [-0.39, 0.29) is 19.4 Å². The van der Waals surface area contributed by atoms with Gasteiger partial charge >= 0.3 is 6.18 Å². The van der Waals surface area contributed by atoms with Gasteiger partial charge in [-0.25, -0.2) is 4.98 Å². The van der Waals surface area contributed by atoms with Crippen LogP contribution in [-0.4, -0.2) is 35.0 Å². The van der Waals surface area contributed by atoms with Crippen LogP contribution in [0.15, 0.2) is 36.4 Å². The van der Waals surface area contributed by atoms with Crippen molar-refractivity contribution >= 4 is 46.6 Å². The topological polar surface area (TPSA) is 98.9 Å². The molecule has 11 heteroatoms. The fourth-order valence-corrected chi connectivity index (χ4v) is 4.98. The van der Waals surface area contributed by atoms with Crippen LogP contribution in [0.3, 0.4) is 0 Å². The lowest BCUT2D eigenvalue weighted by Crippen LogP contribution is -2.40. The average Bonchev–Trinajstić information content (AvgIpc) is 3.65. The van der Waals surface area contributed by atoms with Crippen molar-refractivity contribution in [1.29, 1.82) is 0 Å². The van der Waals surface area contributed by atoms with Crippen molar-refractivity contribution in [2.24, 2.45) is 11.3 Å². The summed E-state index contributed by atoms with van der Waals surface area (Å²) < 4.78 is 39.1. The summed E-state index contributed by atoms with van der Waals surface area (Å²) in [5, 5.41) is 8.64. The van der Waals surface area contributed by atoms with Gasteiger partial charge in [-0.15, -0.1) is 0 Å². The molecular formula is C28H33ClF3N5O2. The monoisotopic (exact) mass is 563 g/mol. The molecule has 2 fully saturated rings. The summed E-state index contributed by atoms with van der Waals surface area (Å²) in [6, 6.07) is 10.8. The molecule has 39 heavy (non-hydrogen) atoms. The molecular weight excluding hydrogens is 531 g/mol. The number of nitrogens with one attached hydrogen (secondary N) is 4. The first-order valence-corrected chi connectivity index (χ1v) is 13.5. The van der Waals surface area contributed by atoms with Crippen LogP contribution in [0.4, 0.5) is 24.8 Å². The highest BCUT2D eigenvalue weighted by molar-refractivity contribution is 6.33. The van der Waals surface area contributed by atoms with Crippen LogP contribution in [0.1, 0.15) is 56.1 Å². The molecule has 2 aromatic carbocycles.